The van der Waals surface area contributed by atoms with Crippen molar-refractivity contribution in [1.82, 2.24) is 25.2 Å². The third kappa shape index (κ3) is 8.64. The Balaban J connectivity index is 1.34. The van der Waals surface area contributed by atoms with Gasteiger partial charge in [-0.3, -0.25) is 28.7 Å². The van der Waals surface area contributed by atoms with Crippen LogP contribution in [-0.2, 0) is 34.0 Å². The van der Waals surface area contributed by atoms with Crippen molar-refractivity contribution in [3.05, 3.63) is 67.3 Å². The number of carboxylic acid groups (broad SMARTS) is 1. The van der Waals surface area contributed by atoms with Crippen LogP contribution in [0.25, 0.3) is 22.2 Å². The van der Waals surface area contributed by atoms with Crippen molar-refractivity contribution in [3.63, 3.8) is 0 Å². The van der Waals surface area contributed by atoms with Gasteiger partial charge in [-0.25, -0.2) is 13.4 Å². The third-order valence-electron chi connectivity index (χ3n) is 10.4. The summed E-state index contributed by atoms with van der Waals surface area (Å²) in [7, 11) is -2.39. The Kier molecular flexibility index (Phi) is 11.2. The maximum Gasteiger partial charge on any atom is 0.303 e. The molecular formula is C40H47N5O10S. The number of ether oxygens (including phenoxy) is 2. The molecule has 3 aromatic rings. The number of hydrogen-bond donors (Lipinski definition) is 4. The van der Waals surface area contributed by atoms with Gasteiger partial charge in [-0.1, -0.05) is 57.2 Å². The summed E-state index contributed by atoms with van der Waals surface area (Å²) < 4.78 is 39.7. The van der Waals surface area contributed by atoms with Crippen LogP contribution in [0, 0.1) is 11.3 Å². The summed E-state index contributed by atoms with van der Waals surface area (Å²) in [5, 5.41) is 14.6. The SMILES string of the molecule is C=C[C@@H]1C[C@]1(NC(=O)C1C[C@@H](Oc2cc(-c3ccccc3)nc3cc(OC)ccc23)CN1C(=O)[C@@H](NC(=O)CCC(=O)O)C(C)(C)C)C(=O)NS(=O)(=O)C1CC1. The number of carbonyl (C=O) groups excluding carboxylic acids is 4. The van der Waals surface area contributed by atoms with E-state index in [1.54, 1.807) is 52.1 Å². The molecular weight excluding hydrogens is 743 g/mol. The molecule has 4 N–H and O–H groups in total. The van der Waals surface area contributed by atoms with E-state index in [9.17, 15) is 32.4 Å². The van der Waals surface area contributed by atoms with E-state index in [0.29, 0.717) is 40.9 Å². The molecule has 16 heteroatoms. The number of fused-ring (bicyclic) bond motifs is 1. The van der Waals surface area contributed by atoms with E-state index in [-0.39, 0.29) is 25.8 Å². The lowest BCUT2D eigenvalue weighted by molar-refractivity contribution is -0.145. The van der Waals surface area contributed by atoms with Gasteiger partial charge in [-0.15, -0.1) is 6.58 Å². The second-order valence-electron chi connectivity index (χ2n) is 15.7. The molecule has 4 amide bonds. The summed E-state index contributed by atoms with van der Waals surface area (Å²) in [5.74, 6) is -3.59. The molecule has 2 heterocycles. The van der Waals surface area contributed by atoms with Crippen molar-refractivity contribution in [2.24, 2.45) is 11.3 Å². The van der Waals surface area contributed by atoms with Crippen LogP contribution in [0.4, 0.5) is 0 Å². The fourth-order valence-corrected chi connectivity index (χ4v) is 8.36. The molecule has 0 spiro atoms. The van der Waals surface area contributed by atoms with E-state index < -0.39 is 86.4 Å². The molecule has 298 valence electrons. The number of hydrogen-bond acceptors (Lipinski definition) is 10. The van der Waals surface area contributed by atoms with Crippen LogP contribution in [0.2, 0.25) is 0 Å². The number of amides is 4. The number of aliphatic carboxylic acids is 1. The van der Waals surface area contributed by atoms with Crippen molar-refractivity contribution in [2.75, 3.05) is 13.7 Å². The molecule has 2 aromatic carbocycles. The molecule has 1 saturated heterocycles. The standard InChI is InChI=1S/C40H47N5O10S/c1-6-24-21-40(24,38(51)44-56(52,53)27-13-14-27)43-36(49)31-19-26(22-45(31)37(50)35(39(2,3)4)42-33(46)16-17-34(47)48)55-32-20-29(23-10-8-7-9-11-23)41-30-18-25(54-5)12-15-28(30)32/h6-12,15,18,20,24,26-27,31,35H,1,13-14,16-17,19,21-22H2,2-5H3,(H,42,46)(H,43,49)(H,44,51)(H,47,48)/t24-,26-,31?,35-,40-/m1/s1. The van der Waals surface area contributed by atoms with Crippen LogP contribution >= 0.6 is 0 Å². The van der Waals surface area contributed by atoms with E-state index in [1.165, 1.54) is 11.0 Å². The average Bonchev–Trinajstić information content (AvgIpc) is 4.09. The van der Waals surface area contributed by atoms with Crippen LogP contribution in [0.5, 0.6) is 11.5 Å². The van der Waals surface area contributed by atoms with Gasteiger partial charge >= 0.3 is 5.97 Å². The Labute approximate surface area is 325 Å². The summed E-state index contributed by atoms with van der Waals surface area (Å²) in [6, 6.07) is 14.2. The number of carbonyl (C=O) groups is 5. The first-order chi connectivity index (χ1) is 26.4. The number of sulfonamides is 1. The zero-order valence-electron chi connectivity index (χ0n) is 31.7. The average molecular weight is 790 g/mol. The smallest absolute Gasteiger partial charge is 0.303 e. The van der Waals surface area contributed by atoms with E-state index in [4.69, 9.17) is 19.6 Å². The van der Waals surface area contributed by atoms with Crippen LogP contribution in [0.1, 0.15) is 59.3 Å². The molecule has 2 saturated carbocycles. The number of rotatable bonds is 15. The molecule has 2 aliphatic carbocycles. The van der Waals surface area contributed by atoms with Gasteiger partial charge in [0.05, 0.1) is 36.5 Å². The minimum atomic E-state index is -3.94. The third-order valence-corrected chi connectivity index (χ3v) is 12.2. The normalized spacial score (nSPS) is 22.4. The molecule has 56 heavy (non-hydrogen) atoms. The molecule has 3 fully saturated rings. The Morgan fingerprint density at radius 3 is 2.39 bits per heavy atom. The predicted octanol–water partition coefficient (Wildman–Crippen LogP) is 3.32. The summed E-state index contributed by atoms with van der Waals surface area (Å²) in [4.78, 5) is 72.7. The quantitative estimate of drug-likeness (QED) is 0.164. The van der Waals surface area contributed by atoms with Crippen LogP contribution in [0.3, 0.4) is 0 Å². The van der Waals surface area contributed by atoms with Gasteiger partial charge in [0.2, 0.25) is 27.7 Å². The van der Waals surface area contributed by atoms with Gasteiger partial charge in [0.25, 0.3) is 5.91 Å². The van der Waals surface area contributed by atoms with Gasteiger partial charge in [0.1, 0.15) is 35.2 Å². The summed E-state index contributed by atoms with van der Waals surface area (Å²) in [6.45, 7) is 8.85. The number of benzene rings is 2. The zero-order valence-corrected chi connectivity index (χ0v) is 32.6. The van der Waals surface area contributed by atoms with Crippen LogP contribution in [0.15, 0.2) is 67.3 Å². The second kappa shape index (κ2) is 15.6. The minimum absolute atomic E-state index is 0.0289. The van der Waals surface area contributed by atoms with E-state index >= 15 is 0 Å². The lowest BCUT2D eigenvalue weighted by Gasteiger charge is -2.35. The first-order valence-corrected chi connectivity index (χ1v) is 20.0. The minimum Gasteiger partial charge on any atom is -0.497 e. The fourth-order valence-electron chi connectivity index (χ4n) is 7.00. The zero-order chi connectivity index (χ0) is 40.6. The lowest BCUT2D eigenvalue weighted by atomic mass is 9.85. The highest BCUT2D eigenvalue weighted by Gasteiger charge is 2.62. The maximum atomic E-state index is 14.6. The monoisotopic (exact) mass is 789 g/mol. The Morgan fingerprint density at radius 2 is 1.79 bits per heavy atom. The molecule has 6 rings (SSSR count). The summed E-state index contributed by atoms with van der Waals surface area (Å²) in [6.07, 6.45) is 0.840. The van der Waals surface area contributed by atoms with Crippen molar-refractivity contribution in [2.45, 2.75) is 88.3 Å². The highest BCUT2D eigenvalue weighted by Crippen LogP contribution is 2.46. The van der Waals surface area contributed by atoms with Crippen LogP contribution < -0.4 is 24.8 Å². The molecule has 1 aromatic heterocycles. The van der Waals surface area contributed by atoms with Crippen molar-refractivity contribution < 1.29 is 47.0 Å². The van der Waals surface area contributed by atoms with E-state index in [1.807, 2.05) is 30.3 Å². The Morgan fingerprint density at radius 1 is 1.07 bits per heavy atom. The number of pyridine rings is 1. The molecule has 5 atom stereocenters. The highest BCUT2D eigenvalue weighted by molar-refractivity contribution is 7.91. The topological polar surface area (TPSA) is 210 Å². The van der Waals surface area contributed by atoms with Crippen molar-refractivity contribution >= 4 is 50.5 Å². The van der Waals surface area contributed by atoms with Crippen molar-refractivity contribution in [3.8, 4) is 22.8 Å². The van der Waals surface area contributed by atoms with Gasteiger partial charge < -0.3 is 30.1 Å². The Hall–Kier alpha value is -5.51. The lowest BCUT2D eigenvalue weighted by Crippen LogP contribution is -2.60. The van der Waals surface area contributed by atoms with E-state index in [2.05, 4.69) is 21.9 Å². The molecule has 3 aliphatic rings. The largest absolute Gasteiger partial charge is 0.497 e. The maximum absolute atomic E-state index is 14.6. The van der Waals surface area contributed by atoms with Gasteiger partial charge in [0, 0.05) is 41.8 Å². The molecule has 1 unspecified atom stereocenters. The van der Waals surface area contributed by atoms with Crippen LogP contribution in [-0.4, -0.2) is 95.6 Å². The second-order valence-corrected chi connectivity index (χ2v) is 17.6. The number of methoxy groups -OCH3 is 1. The first kappa shape index (κ1) is 40.2. The molecule has 15 nitrogen and oxygen atoms in total. The number of carboxylic acids is 1. The van der Waals surface area contributed by atoms with Gasteiger partial charge in [-0.05, 0) is 36.8 Å². The van der Waals surface area contributed by atoms with Gasteiger partial charge in [-0.2, -0.15) is 0 Å². The number of nitrogens with zero attached hydrogens (tertiary/aromatic N) is 2. The fraction of sp³-hybridized carbons (Fsp3) is 0.450. The van der Waals surface area contributed by atoms with E-state index in [0.717, 1.165) is 5.56 Å². The van der Waals surface area contributed by atoms with Gasteiger partial charge in [0.15, 0.2) is 0 Å². The number of nitrogens with one attached hydrogen (secondary N) is 3. The number of aromatic nitrogens is 1. The highest BCUT2D eigenvalue weighted by atomic mass is 32.2. The van der Waals surface area contributed by atoms with Crippen molar-refractivity contribution in [1.29, 1.82) is 0 Å². The summed E-state index contributed by atoms with van der Waals surface area (Å²) in [5.41, 5.74) is -0.479. The summed E-state index contributed by atoms with van der Waals surface area (Å²) >= 11 is 0. The number of likely N-dealkylation sites (tertiary alicyclic amines) is 1. The molecule has 1 aliphatic heterocycles. The first-order valence-electron chi connectivity index (χ1n) is 18.5. The predicted molar refractivity (Wildman–Crippen MR) is 206 cm³/mol. The molecule has 0 bridgehead atoms. The Bertz CT molecular complexity index is 2170. The molecule has 0 radical (unpaired) electrons.